The standard InChI is InChI=1S/C12H10N2O3/c1-16-12(15)14-8-5-3-2-4-7(8)10-11(17-10)9(14)6-13/h2-5,9-11H,1H3/t9-,10+,11-/m0/s1. The molecular weight excluding hydrogens is 220 g/mol. The topological polar surface area (TPSA) is 65.9 Å². The molecule has 0 bridgehead atoms. The summed E-state index contributed by atoms with van der Waals surface area (Å²) in [6.45, 7) is 0. The molecule has 2 heterocycles. The highest BCUT2D eigenvalue weighted by Gasteiger charge is 2.55. The van der Waals surface area contributed by atoms with Crippen molar-refractivity contribution in [2.45, 2.75) is 18.2 Å². The molecule has 1 amide bonds. The molecule has 0 aliphatic carbocycles. The summed E-state index contributed by atoms with van der Waals surface area (Å²) < 4.78 is 10.2. The summed E-state index contributed by atoms with van der Waals surface area (Å²) in [6, 6.07) is 8.91. The molecule has 0 saturated carbocycles. The largest absolute Gasteiger partial charge is 0.452 e. The maximum Gasteiger partial charge on any atom is 0.415 e. The second kappa shape index (κ2) is 3.47. The van der Waals surface area contributed by atoms with E-state index in [1.807, 2.05) is 18.2 Å². The van der Waals surface area contributed by atoms with Gasteiger partial charge in [-0.3, -0.25) is 4.90 Å². The minimum atomic E-state index is -0.609. The highest BCUT2D eigenvalue weighted by molar-refractivity contribution is 5.91. The number of hydrogen-bond acceptors (Lipinski definition) is 4. The van der Waals surface area contributed by atoms with Crippen molar-refractivity contribution < 1.29 is 14.3 Å². The van der Waals surface area contributed by atoms with E-state index in [1.165, 1.54) is 12.0 Å². The van der Waals surface area contributed by atoms with Crippen LogP contribution < -0.4 is 4.90 Å². The predicted molar refractivity (Wildman–Crippen MR) is 58.3 cm³/mol. The van der Waals surface area contributed by atoms with E-state index in [2.05, 4.69) is 6.07 Å². The number of fused-ring (bicyclic) bond motifs is 3. The van der Waals surface area contributed by atoms with Gasteiger partial charge in [0, 0.05) is 5.56 Å². The Hall–Kier alpha value is -2.06. The molecule has 2 aliphatic rings. The lowest BCUT2D eigenvalue weighted by molar-refractivity contribution is 0.176. The number of carbonyl (C=O) groups excluding carboxylic acids is 1. The Balaban J connectivity index is 2.12. The van der Waals surface area contributed by atoms with Gasteiger partial charge in [-0.15, -0.1) is 0 Å². The van der Waals surface area contributed by atoms with Crippen LogP contribution >= 0.6 is 0 Å². The van der Waals surface area contributed by atoms with Gasteiger partial charge in [0.25, 0.3) is 0 Å². The molecule has 0 radical (unpaired) electrons. The Bertz CT molecular complexity index is 523. The van der Waals surface area contributed by atoms with E-state index in [1.54, 1.807) is 6.07 Å². The number of benzene rings is 1. The van der Waals surface area contributed by atoms with Crippen molar-refractivity contribution in [1.82, 2.24) is 0 Å². The first-order valence-corrected chi connectivity index (χ1v) is 5.29. The monoisotopic (exact) mass is 230 g/mol. The fourth-order valence-corrected chi connectivity index (χ4v) is 2.30. The van der Waals surface area contributed by atoms with E-state index in [0.29, 0.717) is 5.69 Å². The normalized spacial score (nSPS) is 28.7. The summed E-state index contributed by atoms with van der Waals surface area (Å²) in [6.07, 6.45) is -0.816. The van der Waals surface area contributed by atoms with Crippen LogP contribution in [0.2, 0.25) is 0 Å². The van der Waals surface area contributed by atoms with E-state index in [0.717, 1.165) is 5.56 Å². The lowest BCUT2D eigenvalue weighted by Crippen LogP contribution is -2.45. The molecule has 17 heavy (non-hydrogen) atoms. The van der Waals surface area contributed by atoms with Gasteiger partial charge in [-0.1, -0.05) is 18.2 Å². The SMILES string of the molecule is COC(=O)N1c2ccccc2[C@H]2O[C@H]2[C@@H]1C#N. The molecule has 5 heteroatoms. The van der Waals surface area contributed by atoms with Gasteiger partial charge in [-0.05, 0) is 6.07 Å². The van der Waals surface area contributed by atoms with Crippen LogP contribution in [0.3, 0.4) is 0 Å². The molecule has 3 rings (SSSR count). The second-order valence-corrected chi connectivity index (χ2v) is 3.99. The molecule has 0 aromatic heterocycles. The number of nitrogens with zero attached hydrogens (tertiary/aromatic N) is 2. The quantitative estimate of drug-likeness (QED) is 0.635. The number of carbonyl (C=O) groups is 1. The maximum atomic E-state index is 11.8. The zero-order valence-electron chi connectivity index (χ0n) is 9.16. The van der Waals surface area contributed by atoms with E-state index < -0.39 is 12.1 Å². The molecule has 86 valence electrons. The van der Waals surface area contributed by atoms with Crippen molar-refractivity contribution >= 4 is 11.8 Å². The third-order valence-electron chi connectivity index (χ3n) is 3.12. The van der Waals surface area contributed by atoms with E-state index in [9.17, 15) is 4.79 Å². The summed E-state index contributed by atoms with van der Waals surface area (Å²) in [5.41, 5.74) is 1.64. The predicted octanol–water partition coefficient (Wildman–Crippen LogP) is 1.61. The molecule has 3 atom stereocenters. The Morgan fingerprint density at radius 1 is 1.53 bits per heavy atom. The third kappa shape index (κ3) is 1.31. The fraction of sp³-hybridized carbons (Fsp3) is 0.333. The number of hydrogen-bond donors (Lipinski definition) is 0. The first-order chi connectivity index (χ1) is 8.27. The molecule has 1 fully saturated rings. The Morgan fingerprint density at radius 2 is 2.29 bits per heavy atom. The van der Waals surface area contributed by atoms with Gasteiger partial charge in [-0.25, -0.2) is 4.79 Å². The molecule has 1 aromatic carbocycles. The van der Waals surface area contributed by atoms with Crippen LogP contribution in [0.25, 0.3) is 0 Å². The van der Waals surface area contributed by atoms with Crippen molar-refractivity contribution in [2.24, 2.45) is 0 Å². The summed E-state index contributed by atoms with van der Waals surface area (Å²) >= 11 is 0. The van der Waals surface area contributed by atoms with E-state index in [-0.39, 0.29) is 12.2 Å². The van der Waals surface area contributed by atoms with Crippen molar-refractivity contribution in [3.8, 4) is 6.07 Å². The lowest BCUT2D eigenvalue weighted by atomic mass is 9.97. The molecule has 1 aromatic rings. The number of ether oxygens (including phenoxy) is 2. The highest BCUT2D eigenvalue weighted by atomic mass is 16.6. The molecular formula is C12H10N2O3. The van der Waals surface area contributed by atoms with Crippen LogP contribution in [0.4, 0.5) is 10.5 Å². The first-order valence-electron chi connectivity index (χ1n) is 5.29. The van der Waals surface area contributed by atoms with E-state index >= 15 is 0 Å². The van der Waals surface area contributed by atoms with E-state index in [4.69, 9.17) is 14.7 Å². The van der Waals surface area contributed by atoms with Crippen molar-refractivity contribution in [2.75, 3.05) is 12.0 Å². The fourth-order valence-electron chi connectivity index (χ4n) is 2.30. The summed E-state index contributed by atoms with van der Waals surface area (Å²) in [4.78, 5) is 13.1. The lowest BCUT2D eigenvalue weighted by Gasteiger charge is -2.29. The zero-order chi connectivity index (χ0) is 12.0. The molecule has 0 spiro atoms. The van der Waals surface area contributed by atoms with Crippen LogP contribution in [0.5, 0.6) is 0 Å². The van der Waals surface area contributed by atoms with Gasteiger partial charge in [0.05, 0.1) is 18.9 Å². The number of para-hydroxylation sites is 1. The van der Waals surface area contributed by atoms with Crippen molar-refractivity contribution in [3.63, 3.8) is 0 Å². The minimum absolute atomic E-state index is 0.0586. The number of methoxy groups -OCH3 is 1. The summed E-state index contributed by atoms with van der Waals surface area (Å²) in [7, 11) is 1.30. The van der Waals surface area contributed by atoms with Crippen LogP contribution in [0.15, 0.2) is 24.3 Å². The minimum Gasteiger partial charge on any atom is -0.452 e. The van der Waals surface area contributed by atoms with Crippen molar-refractivity contribution in [3.05, 3.63) is 29.8 Å². The summed E-state index contributed by atoms with van der Waals surface area (Å²) in [5.74, 6) is 0. The molecule has 1 saturated heterocycles. The van der Waals surface area contributed by atoms with Gasteiger partial charge in [-0.2, -0.15) is 5.26 Å². The Morgan fingerprint density at radius 3 is 3.00 bits per heavy atom. The third-order valence-corrected chi connectivity index (χ3v) is 3.12. The van der Waals surface area contributed by atoms with Crippen LogP contribution in [-0.2, 0) is 9.47 Å². The Labute approximate surface area is 98.2 Å². The average molecular weight is 230 g/mol. The van der Waals surface area contributed by atoms with Crippen molar-refractivity contribution in [1.29, 1.82) is 5.26 Å². The van der Waals surface area contributed by atoms with Crippen LogP contribution in [0, 0.1) is 11.3 Å². The van der Waals surface area contributed by atoms with Gasteiger partial charge >= 0.3 is 6.09 Å². The van der Waals surface area contributed by atoms with Gasteiger partial charge in [0.15, 0.2) is 6.04 Å². The van der Waals surface area contributed by atoms with Gasteiger partial charge < -0.3 is 9.47 Å². The van der Waals surface area contributed by atoms with Gasteiger partial charge in [0.1, 0.15) is 12.2 Å². The number of anilines is 1. The summed E-state index contributed by atoms with van der Waals surface area (Å²) in [5, 5.41) is 9.15. The average Bonchev–Trinajstić information content (AvgIpc) is 3.16. The molecule has 2 aliphatic heterocycles. The first kappa shape index (κ1) is 10.1. The molecule has 0 unspecified atom stereocenters. The van der Waals surface area contributed by atoms with Gasteiger partial charge in [0.2, 0.25) is 0 Å². The Kier molecular flexibility index (Phi) is 2.06. The molecule has 5 nitrogen and oxygen atoms in total. The maximum absolute atomic E-state index is 11.8. The molecule has 0 N–H and O–H groups in total. The smallest absolute Gasteiger partial charge is 0.415 e. The zero-order valence-corrected chi connectivity index (χ0v) is 9.16. The second-order valence-electron chi connectivity index (χ2n) is 3.99. The number of rotatable bonds is 0. The number of nitriles is 1. The number of epoxide rings is 1. The highest BCUT2D eigenvalue weighted by Crippen LogP contribution is 2.50. The van der Waals surface area contributed by atoms with Crippen LogP contribution in [0.1, 0.15) is 11.7 Å². The van der Waals surface area contributed by atoms with Crippen LogP contribution in [-0.4, -0.2) is 25.3 Å². The number of amides is 1.